The van der Waals surface area contributed by atoms with Crippen LogP contribution in [0.1, 0.15) is 34.6 Å². The molecule has 2 rings (SSSR count). The second-order valence-electron chi connectivity index (χ2n) is 8.02. The van der Waals surface area contributed by atoms with Gasteiger partial charge in [-0.2, -0.15) is 4.31 Å². The largest absolute Gasteiger partial charge is 0.333 e. The number of nitrogens with zero attached hydrogens (tertiary/aromatic N) is 4. The number of urea groups is 1. The Hall–Kier alpha value is -2.44. The molecule has 2 aromatic rings. The minimum Gasteiger partial charge on any atom is -0.333 e. The van der Waals surface area contributed by atoms with Gasteiger partial charge >= 0.3 is 6.03 Å². The molecule has 32 heavy (non-hydrogen) atoms. The van der Waals surface area contributed by atoms with Gasteiger partial charge in [-0.15, -0.1) is 10.2 Å². The van der Waals surface area contributed by atoms with Crippen LogP contribution in [0.4, 0.5) is 4.79 Å². The lowest BCUT2D eigenvalue weighted by atomic mass is 10.1. The first kappa shape index (κ1) is 25.8. The zero-order chi connectivity index (χ0) is 24.1. The Morgan fingerprint density at radius 3 is 2.41 bits per heavy atom. The fourth-order valence-electron chi connectivity index (χ4n) is 2.86. The average Bonchev–Trinajstić information content (AvgIpc) is 3.06. The number of sulfonamides is 1. The van der Waals surface area contributed by atoms with E-state index in [9.17, 15) is 18.0 Å². The molecule has 0 radical (unpaired) electrons. The van der Waals surface area contributed by atoms with Gasteiger partial charge < -0.3 is 9.88 Å². The smallest absolute Gasteiger partial charge is 0.321 e. The average molecular weight is 483 g/mol. The molecule has 0 spiro atoms. The summed E-state index contributed by atoms with van der Waals surface area (Å²) in [6, 6.07) is 5.97. The van der Waals surface area contributed by atoms with Crippen molar-refractivity contribution < 1.29 is 18.0 Å². The van der Waals surface area contributed by atoms with Gasteiger partial charge in [-0.25, -0.2) is 13.2 Å². The van der Waals surface area contributed by atoms with Crippen molar-refractivity contribution in [1.82, 2.24) is 29.7 Å². The van der Waals surface area contributed by atoms with Crippen LogP contribution in [0.3, 0.4) is 0 Å². The normalized spacial score (nSPS) is 12.1. The number of imide groups is 1. The van der Waals surface area contributed by atoms with E-state index in [4.69, 9.17) is 0 Å². The maximum atomic E-state index is 12.8. The second-order valence-corrected chi connectivity index (χ2v) is 10.9. The lowest BCUT2D eigenvalue weighted by molar-refractivity contribution is -0.117. The number of amides is 3. The van der Waals surface area contributed by atoms with Gasteiger partial charge in [-0.3, -0.25) is 10.1 Å². The van der Waals surface area contributed by atoms with Crippen molar-refractivity contribution in [2.45, 2.75) is 50.2 Å². The zero-order valence-electron chi connectivity index (χ0n) is 19.2. The summed E-state index contributed by atoms with van der Waals surface area (Å²) in [4.78, 5) is 24.0. The molecule has 1 heterocycles. The van der Waals surface area contributed by atoms with E-state index in [2.05, 4.69) is 20.8 Å². The van der Waals surface area contributed by atoms with E-state index in [1.165, 1.54) is 4.31 Å². The van der Waals surface area contributed by atoms with Gasteiger partial charge in [0.2, 0.25) is 15.9 Å². The van der Waals surface area contributed by atoms with Gasteiger partial charge in [0.25, 0.3) is 0 Å². The maximum absolute atomic E-state index is 12.8. The number of aromatic nitrogens is 3. The predicted octanol–water partition coefficient (Wildman–Crippen LogP) is 2.23. The molecule has 0 unspecified atom stereocenters. The van der Waals surface area contributed by atoms with Crippen LogP contribution in [0.2, 0.25) is 0 Å². The predicted molar refractivity (Wildman–Crippen MR) is 124 cm³/mol. The van der Waals surface area contributed by atoms with Gasteiger partial charge in [0.1, 0.15) is 0 Å². The Balaban J connectivity index is 2.13. The summed E-state index contributed by atoms with van der Waals surface area (Å²) in [5, 5.41) is 13.6. The van der Waals surface area contributed by atoms with Gasteiger partial charge in [-0.1, -0.05) is 37.7 Å². The quantitative estimate of drug-likeness (QED) is 0.553. The van der Waals surface area contributed by atoms with Crippen LogP contribution >= 0.6 is 11.8 Å². The van der Waals surface area contributed by atoms with Crippen LogP contribution in [0.25, 0.3) is 11.4 Å². The molecular weight excluding hydrogens is 452 g/mol. The summed E-state index contributed by atoms with van der Waals surface area (Å²) in [6.07, 6.45) is 0. The highest BCUT2D eigenvalue weighted by molar-refractivity contribution is 7.99. The minimum absolute atomic E-state index is 0.0279. The van der Waals surface area contributed by atoms with E-state index in [-0.39, 0.29) is 10.6 Å². The number of nitrogens with one attached hydrogen (secondary N) is 2. The molecule has 0 fully saturated rings. The Kier molecular flexibility index (Phi) is 8.43. The first-order valence-electron chi connectivity index (χ1n) is 10.1. The third kappa shape index (κ3) is 6.53. The van der Waals surface area contributed by atoms with Crippen molar-refractivity contribution in [2.24, 2.45) is 7.05 Å². The molecule has 0 aliphatic heterocycles. The molecule has 12 heteroatoms. The SMILES string of the molecule is CCN(CC)S(=O)(=O)c1cccc(-c2nnc(SCC(=O)NC(=O)NC(C)(C)C)n2C)c1. The van der Waals surface area contributed by atoms with Crippen LogP contribution < -0.4 is 10.6 Å². The molecule has 0 aliphatic carbocycles. The molecule has 10 nitrogen and oxygen atoms in total. The van der Waals surface area contributed by atoms with Crippen LogP contribution in [-0.4, -0.2) is 63.8 Å². The van der Waals surface area contributed by atoms with Crippen molar-refractivity contribution in [2.75, 3.05) is 18.8 Å². The molecule has 0 aliphatic rings. The Morgan fingerprint density at radius 1 is 1.16 bits per heavy atom. The van der Waals surface area contributed by atoms with E-state index in [1.54, 1.807) is 49.7 Å². The molecule has 0 saturated heterocycles. The molecule has 1 aromatic heterocycles. The minimum atomic E-state index is -3.60. The standard InChI is InChI=1S/C20H30N6O4S2/c1-7-26(8-2)32(29,30)15-11-9-10-14(12-15)17-23-24-19(25(17)6)31-13-16(27)21-18(28)22-20(3,4)5/h9-12H,7-8,13H2,1-6H3,(H2,21,22,27,28). The highest BCUT2D eigenvalue weighted by atomic mass is 32.2. The monoisotopic (exact) mass is 482 g/mol. The fraction of sp³-hybridized carbons (Fsp3) is 0.500. The number of carbonyl (C=O) groups is 2. The summed E-state index contributed by atoms with van der Waals surface area (Å²) >= 11 is 1.12. The van der Waals surface area contributed by atoms with E-state index < -0.39 is 27.5 Å². The molecule has 2 N–H and O–H groups in total. The lowest BCUT2D eigenvalue weighted by Crippen LogP contribution is -2.48. The van der Waals surface area contributed by atoms with Gasteiger partial charge in [-0.05, 0) is 32.9 Å². The summed E-state index contributed by atoms with van der Waals surface area (Å²) in [5.74, 6) is -0.0245. The fourth-order valence-corrected chi connectivity index (χ4v) is 5.08. The maximum Gasteiger partial charge on any atom is 0.321 e. The summed E-state index contributed by atoms with van der Waals surface area (Å²) < 4.78 is 28.7. The van der Waals surface area contributed by atoms with Crippen LogP contribution in [0.15, 0.2) is 34.3 Å². The zero-order valence-corrected chi connectivity index (χ0v) is 20.8. The molecule has 0 saturated carbocycles. The Labute approximate surface area is 193 Å². The number of thioether (sulfide) groups is 1. The molecule has 1 aromatic carbocycles. The molecule has 176 valence electrons. The van der Waals surface area contributed by atoms with E-state index in [0.717, 1.165) is 11.8 Å². The number of rotatable bonds is 8. The van der Waals surface area contributed by atoms with Crippen molar-refractivity contribution in [1.29, 1.82) is 0 Å². The summed E-state index contributed by atoms with van der Waals surface area (Å²) in [7, 11) is -1.87. The third-order valence-corrected chi connectivity index (χ3v) is 7.41. The van der Waals surface area contributed by atoms with Gasteiger partial charge in [0, 0.05) is 31.2 Å². The Morgan fingerprint density at radius 2 is 1.81 bits per heavy atom. The molecule has 0 atom stereocenters. The highest BCUT2D eigenvalue weighted by Crippen LogP contribution is 2.25. The molecule has 3 amide bonds. The van der Waals surface area contributed by atoms with E-state index in [1.807, 2.05) is 20.8 Å². The highest BCUT2D eigenvalue weighted by Gasteiger charge is 2.23. The van der Waals surface area contributed by atoms with Crippen LogP contribution in [-0.2, 0) is 21.9 Å². The summed E-state index contributed by atoms with van der Waals surface area (Å²) in [6.45, 7) is 9.78. The van der Waals surface area contributed by atoms with Crippen molar-refractivity contribution >= 4 is 33.7 Å². The number of benzene rings is 1. The number of hydrogen-bond donors (Lipinski definition) is 2. The van der Waals surface area contributed by atoms with Crippen molar-refractivity contribution in [3.63, 3.8) is 0 Å². The lowest BCUT2D eigenvalue weighted by Gasteiger charge is -2.20. The topological polar surface area (TPSA) is 126 Å². The first-order chi connectivity index (χ1) is 14.9. The van der Waals surface area contributed by atoms with Gasteiger partial charge in [0.05, 0.1) is 10.6 Å². The van der Waals surface area contributed by atoms with Crippen molar-refractivity contribution in [3.8, 4) is 11.4 Å². The van der Waals surface area contributed by atoms with Crippen molar-refractivity contribution in [3.05, 3.63) is 24.3 Å². The Bertz CT molecular complexity index is 1070. The third-order valence-electron chi connectivity index (χ3n) is 4.34. The number of hydrogen-bond acceptors (Lipinski definition) is 7. The number of carbonyl (C=O) groups excluding carboxylic acids is 2. The summed E-state index contributed by atoms with van der Waals surface area (Å²) in [5.41, 5.74) is 0.137. The molecule has 0 bridgehead atoms. The van der Waals surface area contributed by atoms with E-state index >= 15 is 0 Å². The second kappa shape index (κ2) is 10.5. The van der Waals surface area contributed by atoms with Crippen LogP contribution in [0, 0.1) is 0 Å². The first-order valence-corrected chi connectivity index (χ1v) is 12.6. The van der Waals surface area contributed by atoms with E-state index in [0.29, 0.717) is 29.6 Å². The molecular formula is C20H30N6O4S2. The van der Waals surface area contributed by atoms with Crippen LogP contribution in [0.5, 0.6) is 0 Å². The van der Waals surface area contributed by atoms with Gasteiger partial charge in [0.15, 0.2) is 11.0 Å².